The van der Waals surface area contributed by atoms with Gasteiger partial charge in [-0.05, 0) is 74.7 Å². The molecule has 2 aromatic rings. The number of carbonyl (C=O) groups is 2. The average Bonchev–Trinajstić information content (AvgIpc) is 2.79. The molecule has 0 aromatic heterocycles. The lowest BCUT2D eigenvalue weighted by molar-refractivity contribution is -0.121. The van der Waals surface area contributed by atoms with E-state index < -0.39 is 10.0 Å². The van der Waals surface area contributed by atoms with Gasteiger partial charge in [-0.15, -0.1) is 0 Å². The summed E-state index contributed by atoms with van der Waals surface area (Å²) in [6, 6.07) is 12.7. The molecule has 1 heterocycles. The van der Waals surface area contributed by atoms with Gasteiger partial charge in [0.15, 0.2) is 0 Å². The fraction of sp³-hybridized carbons (Fsp3) is 0.391. The van der Waals surface area contributed by atoms with Gasteiger partial charge in [0.2, 0.25) is 15.9 Å². The minimum atomic E-state index is -3.58. The van der Waals surface area contributed by atoms with Crippen LogP contribution in [0.3, 0.4) is 0 Å². The third-order valence-electron chi connectivity index (χ3n) is 5.64. The predicted molar refractivity (Wildman–Crippen MR) is 125 cm³/mol. The number of nitrogens with zero attached hydrogens (tertiary/aromatic N) is 1. The number of anilines is 1. The number of piperidine rings is 1. The number of nitrogens with one attached hydrogen (secondary N) is 2. The summed E-state index contributed by atoms with van der Waals surface area (Å²) in [6.45, 7) is 4.71. The van der Waals surface area contributed by atoms with Crippen LogP contribution in [0.4, 0.5) is 5.69 Å². The molecular weight excluding hydrogens is 450 g/mol. The van der Waals surface area contributed by atoms with E-state index in [4.69, 9.17) is 11.6 Å². The van der Waals surface area contributed by atoms with E-state index in [0.717, 1.165) is 0 Å². The normalized spacial score (nSPS) is 15.9. The highest BCUT2D eigenvalue weighted by atomic mass is 35.5. The highest BCUT2D eigenvalue weighted by Crippen LogP contribution is 2.22. The number of likely N-dealkylation sites (tertiary alicyclic amines) is 1. The van der Waals surface area contributed by atoms with Crippen molar-refractivity contribution >= 4 is 39.1 Å². The molecule has 0 saturated carbocycles. The first-order valence-electron chi connectivity index (χ1n) is 10.7. The molecule has 0 radical (unpaired) electrons. The lowest BCUT2D eigenvalue weighted by atomic mass is 9.95. The largest absolute Gasteiger partial charge is 0.339 e. The number of benzene rings is 2. The number of amides is 2. The number of halogens is 1. The van der Waals surface area contributed by atoms with Gasteiger partial charge in [-0.25, -0.2) is 13.1 Å². The molecule has 1 aliphatic heterocycles. The van der Waals surface area contributed by atoms with Crippen LogP contribution >= 0.6 is 11.6 Å². The zero-order valence-corrected chi connectivity index (χ0v) is 19.7. The molecule has 1 atom stereocenters. The summed E-state index contributed by atoms with van der Waals surface area (Å²) in [5.74, 6) is -0.403. The minimum Gasteiger partial charge on any atom is -0.339 e. The molecule has 7 nitrogen and oxygen atoms in total. The highest BCUT2D eigenvalue weighted by molar-refractivity contribution is 7.89. The number of sulfonamides is 1. The molecular formula is C23H28ClN3O4S. The first kappa shape index (κ1) is 24.2. The molecule has 3 rings (SSSR count). The summed E-state index contributed by atoms with van der Waals surface area (Å²) in [4.78, 5) is 27.2. The molecule has 172 valence electrons. The monoisotopic (exact) mass is 477 g/mol. The summed E-state index contributed by atoms with van der Waals surface area (Å²) in [5, 5.41) is 3.43. The van der Waals surface area contributed by atoms with Crippen molar-refractivity contribution in [3.8, 4) is 0 Å². The Labute approximate surface area is 194 Å². The van der Waals surface area contributed by atoms with Crippen molar-refractivity contribution in [2.75, 3.05) is 18.4 Å². The van der Waals surface area contributed by atoms with Gasteiger partial charge in [-0.2, -0.15) is 0 Å². The van der Waals surface area contributed by atoms with Gasteiger partial charge in [0.25, 0.3) is 5.91 Å². The maximum atomic E-state index is 12.7. The maximum absolute atomic E-state index is 12.7. The lowest BCUT2D eigenvalue weighted by Crippen LogP contribution is -2.41. The van der Waals surface area contributed by atoms with Crippen molar-refractivity contribution in [1.82, 2.24) is 9.62 Å². The second kappa shape index (κ2) is 10.5. The van der Waals surface area contributed by atoms with Crippen LogP contribution < -0.4 is 10.0 Å². The highest BCUT2D eigenvalue weighted by Gasteiger charge is 2.28. The molecule has 0 spiro atoms. The van der Waals surface area contributed by atoms with Crippen molar-refractivity contribution in [2.45, 2.75) is 44.0 Å². The lowest BCUT2D eigenvalue weighted by Gasteiger charge is -2.31. The van der Waals surface area contributed by atoms with E-state index in [1.54, 1.807) is 48.2 Å². The Hall–Kier alpha value is -2.42. The maximum Gasteiger partial charge on any atom is 0.253 e. The fourth-order valence-corrected chi connectivity index (χ4v) is 4.95. The van der Waals surface area contributed by atoms with E-state index >= 15 is 0 Å². The molecule has 9 heteroatoms. The van der Waals surface area contributed by atoms with Crippen LogP contribution in [0.1, 0.15) is 43.5 Å². The quantitative estimate of drug-likeness (QED) is 0.632. The smallest absolute Gasteiger partial charge is 0.253 e. The topological polar surface area (TPSA) is 95.6 Å². The van der Waals surface area contributed by atoms with Crippen molar-refractivity contribution in [3.63, 3.8) is 0 Å². The van der Waals surface area contributed by atoms with Crippen molar-refractivity contribution < 1.29 is 18.0 Å². The Morgan fingerprint density at radius 2 is 1.66 bits per heavy atom. The van der Waals surface area contributed by atoms with Crippen molar-refractivity contribution in [1.29, 1.82) is 0 Å². The van der Waals surface area contributed by atoms with Crippen LogP contribution in [0.15, 0.2) is 53.4 Å². The molecule has 1 saturated heterocycles. The minimum absolute atomic E-state index is 0.0664. The van der Waals surface area contributed by atoms with Gasteiger partial charge in [0.1, 0.15) is 0 Å². The van der Waals surface area contributed by atoms with Crippen LogP contribution in [-0.4, -0.2) is 44.3 Å². The zero-order valence-electron chi connectivity index (χ0n) is 18.2. The van der Waals surface area contributed by atoms with Crippen LogP contribution in [0.5, 0.6) is 0 Å². The molecule has 0 bridgehead atoms. The van der Waals surface area contributed by atoms with Crippen LogP contribution in [-0.2, 0) is 14.8 Å². The number of rotatable bonds is 7. The summed E-state index contributed by atoms with van der Waals surface area (Å²) in [6.07, 6.45) is 1.82. The molecule has 2 aromatic carbocycles. The summed E-state index contributed by atoms with van der Waals surface area (Å²) in [5.41, 5.74) is 1.12. The molecule has 2 N–H and O–H groups in total. The number of hydrogen-bond donors (Lipinski definition) is 2. The molecule has 0 aliphatic carbocycles. The summed E-state index contributed by atoms with van der Waals surface area (Å²) < 4.78 is 27.3. The van der Waals surface area contributed by atoms with E-state index in [2.05, 4.69) is 10.0 Å². The molecule has 1 unspecified atom stereocenters. The Morgan fingerprint density at radius 3 is 2.22 bits per heavy atom. The van der Waals surface area contributed by atoms with Gasteiger partial charge in [0, 0.05) is 41.3 Å². The van der Waals surface area contributed by atoms with E-state index in [1.165, 1.54) is 12.1 Å². The predicted octanol–water partition coefficient (Wildman–Crippen LogP) is 3.91. The Bertz CT molecular complexity index is 1050. The molecule has 2 amide bonds. The molecule has 1 aliphatic rings. The fourth-order valence-electron chi connectivity index (χ4n) is 3.50. The van der Waals surface area contributed by atoms with Crippen LogP contribution in [0.2, 0.25) is 5.02 Å². The Kier molecular flexibility index (Phi) is 7.92. The zero-order chi connectivity index (χ0) is 23.3. The summed E-state index contributed by atoms with van der Waals surface area (Å²) in [7, 11) is -3.58. The van der Waals surface area contributed by atoms with E-state index in [0.29, 0.717) is 48.6 Å². The standard InChI is InChI=1S/C23H28ClN3O4S/c1-3-16(2)26-32(30,31)21-10-8-20(9-11-21)25-22(28)17-12-14-27(15-13-17)23(29)18-4-6-19(24)7-5-18/h4-11,16-17,26H,3,12-15H2,1-2H3,(H,25,28). The van der Waals surface area contributed by atoms with Crippen LogP contribution in [0, 0.1) is 5.92 Å². The van der Waals surface area contributed by atoms with Gasteiger partial charge in [-0.1, -0.05) is 18.5 Å². The van der Waals surface area contributed by atoms with Crippen molar-refractivity contribution in [2.24, 2.45) is 5.92 Å². The Morgan fingerprint density at radius 1 is 1.06 bits per heavy atom. The van der Waals surface area contributed by atoms with E-state index in [-0.39, 0.29) is 28.7 Å². The molecule has 1 fully saturated rings. The SMILES string of the molecule is CCC(C)NS(=O)(=O)c1ccc(NC(=O)C2CCN(C(=O)c3ccc(Cl)cc3)CC2)cc1. The van der Waals surface area contributed by atoms with E-state index in [9.17, 15) is 18.0 Å². The van der Waals surface area contributed by atoms with Gasteiger partial charge >= 0.3 is 0 Å². The molecule has 32 heavy (non-hydrogen) atoms. The third kappa shape index (κ3) is 6.09. The average molecular weight is 478 g/mol. The van der Waals surface area contributed by atoms with E-state index in [1.807, 2.05) is 6.92 Å². The Balaban J connectivity index is 1.53. The third-order valence-corrected chi connectivity index (χ3v) is 7.50. The van der Waals surface area contributed by atoms with Gasteiger partial charge < -0.3 is 10.2 Å². The van der Waals surface area contributed by atoms with Crippen molar-refractivity contribution in [3.05, 3.63) is 59.1 Å². The van der Waals surface area contributed by atoms with Gasteiger partial charge in [0.05, 0.1) is 4.90 Å². The number of hydrogen-bond acceptors (Lipinski definition) is 4. The number of carbonyl (C=O) groups excluding carboxylic acids is 2. The first-order valence-corrected chi connectivity index (χ1v) is 12.5. The second-order valence-electron chi connectivity index (χ2n) is 8.02. The first-order chi connectivity index (χ1) is 15.2. The van der Waals surface area contributed by atoms with Gasteiger partial charge in [-0.3, -0.25) is 9.59 Å². The second-order valence-corrected chi connectivity index (χ2v) is 10.2. The van der Waals surface area contributed by atoms with Crippen LogP contribution in [0.25, 0.3) is 0 Å². The summed E-state index contributed by atoms with van der Waals surface area (Å²) >= 11 is 5.88.